The fraction of sp³-hybridized carbons (Fsp3) is 0.722. The van der Waals surface area contributed by atoms with Crippen LogP contribution in [0.25, 0.3) is 0 Å². The maximum absolute atomic E-state index is 12.1. The molecule has 0 rings (SSSR count). The third-order valence-electron chi connectivity index (χ3n) is 3.84. The van der Waals surface area contributed by atoms with Crippen molar-refractivity contribution in [2.24, 2.45) is 5.41 Å². The van der Waals surface area contributed by atoms with E-state index in [1.54, 1.807) is 7.05 Å². The van der Waals surface area contributed by atoms with Gasteiger partial charge in [0.25, 0.3) is 0 Å². The van der Waals surface area contributed by atoms with Crippen LogP contribution in [0.1, 0.15) is 26.7 Å². The molecule has 0 bridgehead atoms. The summed E-state index contributed by atoms with van der Waals surface area (Å²) in [6, 6.07) is 0. The molecule has 0 saturated carbocycles. The molecule has 0 radical (unpaired) electrons. The normalized spacial score (nSPS) is 11.8. The molecule has 0 aromatic heterocycles. The van der Waals surface area contributed by atoms with Gasteiger partial charge in [0.2, 0.25) is 17.7 Å². The van der Waals surface area contributed by atoms with Crippen LogP contribution < -0.4 is 16.0 Å². The summed E-state index contributed by atoms with van der Waals surface area (Å²) in [5.74, 6) is -1.76. The van der Waals surface area contributed by atoms with Gasteiger partial charge in [-0.15, -0.1) is 0 Å². The zero-order valence-corrected chi connectivity index (χ0v) is 18.6. The summed E-state index contributed by atoms with van der Waals surface area (Å²) in [6.07, 6.45) is -2.03. The summed E-state index contributed by atoms with van der Waals surface area (Å²) in [6.45, 7) is 3.16. The van der Waals surface area contributed by atoms with Gasteiger partial charge in [-0.2, -0.15) is 11.8 Å². The van der Waals surface area contributed by atoms with Crippen LogP contribution >= 0.6 is 11.8 Å². The van der Waals surface area contributed by atoms with Gasteiger partial charge in [0.05, 0.1) is 19.5 Å². The van der Waals surface area contributed by atoms with E-state index in [1.165, 1.54) is 25.6 Å². The van der Waals surface area contributed by atoms with E-state index >= 15 is 0 Å². The summed E-state index contributed by atoms with van der Waals surface area (Å²) in [7, 11) is 2.69. The smallest absolute Gasteiger partial charge is 0.317 e. The number of hydrogen-bond donors (Lipinski definition) is 4. The molecule has 11 nitrogen and oxygen atoms in total. The Morgan fingerprint density at radius 2 is 1.70 bits per heavy atom. The first kappa shape index (κ1) is 27.7. The van der Waals surface area contributed by atoms with Crippen molar-refractivity contribution in [1.82, 2.24) is 16.0 Å². The second kappa shape index (κ2) is 14.6. The number of ether oxygens (including phenoxy) is 2. The van der Waals surface area contributed by atoms with Crippen molar-refractivity contribution in [3.05, 3.63) is 0 Å². The highest BCUT2D eigenvalue weighted by Crippen LogP contribution is 2.21. The summed E-state index contributed by atoms with van der Waals surface area (Å²) >= 11 is 1.38. The van der Waals surface area contributed by atoms with Crippen molar-refractivity contribution < 1.29 is 38.6 Å². The molecule has 0 heterocycles. The number of nitrogens with one attached hydrogen (secondary N) is 3. The lowest BCUT2D eigenvalue weighted by atomic mass is 9.87. The molecule has 0 aliphatic carbocycles. The Morgan fingerprint density at radius 3 is 2.30 bits per heavy atom. The van der Waals surface area contributed by atoms with E-state index in [4.69, 9.17) is 4.74 Å². The highest BCUT2D eigenvalue weighted by Gasteiger charge is 2.35. The molecule has 3 amide bonds. The van der Waals surface area contributed by atoms with Gasteiger partial charge >= 0.3 is 11.9 Å². The predicted octanol–water partition coefficient (Wildman–Crippen LogP) is -1.42. The molecule has 0 unspecified atom stereocenters. The van der Waals surface area contributed by atoms with E-state index in [9.17, 15) is 29.1 Å². The van der Waals surface area contributed by atoms with Crippen LogP contribution in [0.2, 0.25) is 0 Å². The van der Waals surface area contributed by atoms with Crippen molar-refractivity contribution in [2.45, 2.75) is 32.8 Å². The van der Waals surface area contributed by atoms with Gasteiger partial charge < -0.3 is 30.5 Å². The topological polar surface area (TPSA) is 160 Å². The molecule has 12 heteroatoms. The third-order valence-corrected chi connectivity index (χ3v) is 4.80. The number of thioether (sulfide) groups is 1. The van der Waals surface area contributed by atoms with Crippen molar-refractivity contribution in [3.8, 4) is 0 Å². The number of carbonyl (C=O) groups is 5. The van der Waals surface area contributed by atoms with Gasteiger partial charge in [-0.25, -0.2) is 0 Å². The highest BCUT2D eigenvalue weighted by atomic mass is 32.2. The number of rotatable bonds is 14. The van der Waals surface area contributed by atoms with E-state index in [0.29, 0.717) is 18.1 Å². The van der Waals surface area contributed by atoms with Crippen molar-refractivity contribution >= 4 is 41.4 Å². The average molecular weight is 450 g/mol. The summed E-state index contributed by atoms with van der Waals surface area (Å²) in [5.41, 5.74) is -1.11. The Hall–Kier alpha value is -2.34. The first-order valence-electron chi connectivity index (χ1n) is 9.26. The minimum absolute atomic E-state index is 0.0192. The van der Waals surface area contributed by atoms with E-state index in [1.807, 2.05) is 0 Å². The van der Waals surface area contributed by atoms with Gasteiger partial charge in [-0.1, -0.05) is 13.8 Å². The summed E-state index contributed by atoms with van der Waals surface area (Å²) in [4.78, 5) is 57.4. The molecular weight excluding hydrogens is 418 g/mol. The minimum atomic E-state index is -1.49. The van der Waals surface area contributed by atoms with Gasteiger partial charge in [-0.3, -0.25) is 24.0 Å². The van der Waals surface area contributed by atoms with Crippen LogP contribution in [-0.2, 0) is 33.4 Å². The number of hydrogen-bond acceptors (Lipinski definition) is 9. The maximum atomic E-state index is 12.1. The minimum Gasteiger partial charge on any atom is -0.469 e. The molecule has 0 fully saturated rings. The molecule has 0 spiro atoms. The van der Waals surface area contributed by atoms with E-state index in [-0.39, 0.29) is 31.4 Å². The van der Waals surface area contributed by atoms with Gasteiger partial charge in [0.1, 0.15) is 12.5 Å². The number of aliphatic hydroxyl groups is 1. The van der Waals surface area contributed by atoms with Gasteiger partial charge in [-0.05, 0) is 0 Å². The molecule has 0 saturated heterocycles. The monoisotopic (exact) mass is 449 g/mol. The van der Waals surface area contributed by atoms with Crippen molar-refractivity contribution in [2.75, 3.05) is 45.4 Å². The Kier molecular flexibility index (Phi) is 13.5. The molecule has 0 aliphatic heterocycles. The molecule has 0 aromatic carbocycles. The van der Waals surface area contributed by atoms with E-state index in [0.717, 1.165) is 7.11 Å². The maximum Gasteiger partial charge on any atom is 0.317 e. The average Bonchev–Trinajstić information content (AvgIpc) is 2.70. The quantitative estimate of drug-likeness (QED) is 0.142. The van der Waals surface area contributed by atoms with Crippen LogP contribution in [0.5, 0.6) is 0 Å². The standard InChI is InChI=1S/C18H31N3O8S/c1-18(2,11-29-15(25)9-14(24)28-4)16(26)17(27)21-6-5-12(22)20-7-8-30-10-13(23)19-3/h16,26H,5-11H2,1-4H3,(H,19,23)(H,20,22)(H,21,27)/t16-/m1/s1. The van der Waals surface area contributed by atoms with Crippen LogP contribution in [-0.4, -0.2) is 86.2 Å². The van der Waals surface area contributed by atoms with Crippen LogP contribution in [0.3, 0.4) is 0 Å². The van der Waals surface area contributed by atoms with Crippen LogP contribution in [0.4, 0.5) is 0 Å². The molecule has 0 aliphatic rings. The zero-order valence-electron chi connectivity index (χ0n) is 17.7. The van der Waals surface area contributed by atoms with Crippen molar-refractivity contribution in [1.29, 1.82) is 0 Å². The predicted molar refractivity (Wildman–Crippen MR) is 109 cm³/mol. The Bertz CT molecular complexity index is 612. The number of esters is 2. The van der Waals surface area contributed by atoms with E-state index < -0.39 is 35.8 Å². The fourth-order valence-electron chi connectivity index (χ4n) is 1.93. The first-order chi connectivity index (χ1) is 14.0. The number of aliphatic hydroxyl groups excluding tert-OH is 1. The second-order valence-corrected chi connectivity index (χ2v) is 8.03. The molecule has 30 heavy (non-hydrogen) atoms. The van der Waals surface area contributed by atoms with Gasteiger partial charge in [0, 0.05) is 37.7 Å². The Morgan fingerprint density at radius 1 is 1.03 bits per heavy atom. The van der Waals surface area contributed by atoms with Crippen molar-refractivity contribution in [3.63, 3.8) is 0 Å². The lowest BCUT2D eigenvalue weighted by Crippen LogP contribution is -2.47. The first-order valence-corrected chi connectivity index (χ1v) is 10.4. The van der Waals surface area contributed by atoms with Gasteiger partial charge in [0.15, 0.2) is 0 Å². The number of amides is 3. The van der Waals surface area contributed by atoms with E-state index in [2.05, 4.69) is 20.7 Å². The zero-order chi connectivity index (χ0) is 23.2. The Labute approximate surface area is 180 Å². The second-order valence-electron chi connectivity index (χ2n) is 6.92. The molecule has 4 N–H and O–H groups in total. The molecular formula is C18H31N3O8S. The number of methoxy groups -OCH3 is 1. The van der Waals surface area contributed by atoms with Crippen LogP contribution in [0, 0.1) is 5.41 Å². The third kappa shape index (κ3) is 12.3. The Balaban J connectivity index is 4.12. The molecule has 172 valence electrons. The SMILES string of the molecule is CNC(=O)CSCCNC(=O)CCNC(=O)[C@@H](O)C(C)(C)COC(=O)CC(=O)OC. The molecule has 1 atom stereocenters. The van der Waals surface area contributed by atoms with Crippen LogP contribution in [0.15, 0.2) is 0 Å². The largest absolute Gasteiger partial charge is 0.469 e. The number of carbonyl (C=O) groups excluding carboxylic acids is 5. The summed E-state index contributed by atoms with van der Waals surface area (Å²) < 4.78 is 9.26. The lowest BCUT2D eigenvalue weighted by Gasteiger charge is -2.28. The summed E-state index contributed by atoms with van der Waals surface area (Å²) in [5, 5.41) is 17.8. The molecule has 0 aromatic rings. The lowest BCUT2D eigenvalue weighted by molar-refractivity contribution is -0.158. The highest BCUT2D eigenvalue weighted by molar-refractivity contribution is 7.99. The fourth-order valence-corrected chi connectivity index (χ4v) is 2.65.